The molecule has 23 heavy (non-hydrogen) atoms. The predicted molar refractivity (Wildman–Crippen MR) is 88.2 cm³/mol. The molecular formula is C17H24N2O4. The lowest BCUT2D eigenvalue weighted by Crippen LogP contribution is -2.44. The van der Waals surface area contributed by atoms with Crippen LogP contribution in [-0.2, 0) is 9.53 Å². The fourth-order valence-corrected chi connectivity index (χ4v) is 1.86. The molecule has 1 aromatic carbocycles. The maximum absolute atomic E-state index is 12.6. The lowest BCUT2D eigenvalue weighted by Gasteiger charge is -2.21. The molecule has 0 aromatic heterocycles. The quantitative estimate of drug-likeness (QED) is 0.492. The molecule has 0 aliphatic carbocycles. The van der Waals surface area contributed by atoms with Gasteiger partial charge >= 0.3 is 5.97 Å². The van der Waals surface area contributed by atoms with Gasteiger partial charge in [-0.2, -0.15) is 0 Å². The monoisotopic (exact) mass is 320 g/mol. The molecule has 0 aliphatic heterocycles. The van der Waals surface area contributed by atoms with E-state index >= 15 is 0 Å². The van der Waals surface area contributed by atoms with Crippen LogP contribution in [0.4, 0.5) is 5.69 Å². The Morgan fingerprint density at radius 3 is 2.35 bits per heavy atom. The van der Waals surface area contributed by atoms with Crippen LogP contribution < -0.4 is 11.1 Å². The van der Waals surface area contributed by atoms with Crippen molar-refractivity contribution in [3.05, 3.63) is 29.3 Å². The number of carbonyl (C=O) groups excluding carboxylic acids is 3. The second-order valence-corrected chi connectivity index (χ2v) is 6.33. The lowest BCUT2D eigenvalue weighted by molar-refractivity contribution is -0.128. The second-order valence-electron chi connectivity index (χ2n) is 6.33. The van der Waals surface area contributed by atoms with Crippen molar-refractivity contribution in [2.24, 2.45) is 5.41 Å². The number of anilines is 1. The standard InChI is InChI=1S/C17H24N2O4/c1-6-23-15(21)12-8-7-11(18)9-13(12)14(20)10(2)19-16(22)17(3,4)5/h7-10H,6,18H2,1-5H3,(H,19,22)/t10-/m0/s1. The van der Waals surface area contributed by atoms with Gasteiger partial charge in [0, 0.05) is 16.7 Å². The normalized spacial score (nSPS) is 12.4. The largest absolute Gasteiger partial charge is 0.462 e. The SMILES string of the molecule is CCOC(=O)c1ccc(N)cc1C(=O)[C@H](C)NC(=O)C(C)(C)C. The molecule has 1 aromatic rings. The number of hydrogen-bond acceptors (Lipinski definition) is 5. The Hall–Kier alpha value is -2.37. The maximum atomic E-state index is 12.6. The highest BCUT2D eigenvalue weighted by Gasteiger charge is 2.27. The third kappa shape index (κ3) is 4.81. The Morgan fingerprint density at radius 1 is 1.22 bits per heavy atom. The summed E-state index contributed by atoms with van der Waals surface area (Å²) in [5.41, 5.74) is 5.74. The lowest BCUT2D eigenvalue weighted by atomic mass is 9.94. The number of hydrogen-bond donors (Lipinski definition) is 2. The molecular weight excluding hydrogens is 296 g/mol. The number of nitrogen functional groups attached to an aromatic ring is 1. The summed E-state index contributed by atoms with van der Waals surface area (Å²) in [5, 5.41) is 2.65. The number of ether oxygens (including phenoxy) is 1. The molecule has 0 heterocycles. The Labute approximate surface area is 136 Å². The van der Waals surface area contributed by atoms with E-state index in [0.717, 1.165) is 0 Å². The minimum absolute atomic E-state index is 0.142. The van der Waals surface area contributed by atoms with E-state index in [9.17, 15) is 14.4 Å². The Morgan fingerprint density at radius 2 is 1.83 bits per heavy atom. The summed E-state index contributed by atoms with van der Waals surface area (Å²) >= 11 is 0. The van der Waals surface area contributed by atoms with Gasteiger partial charge in [0.25, 0.3) is 0 Å². The zero-order chi connectivity index (χ0) is 17.8. The molecule has 0 aliphatic rings. The molecule has 126 valence electrons. The number of nitrogens with two attached hydrogens (primary N) is 1. The molecule has 0 fully saturated rings. The van der Waals surface area contributed by atoms with Gasteiger partial charge in [-0.25, -0.2) is 4.79 Å². The summed E-state index contributed by atoms with van der Waals surface area (Å²) in [4.78, 5) is 36.6. The molecule has 0 saturated heterocycles. The molecule has 0 bridgehead atoms. The van der Waals surface area contributed by atoms with Crippen LogP contribution in [0, 0.1) is 5.41 Å². The molecule has 1 rings (SSSR count). The molecule has 0 radical (unpaired) electrons. The van der Waals surface area contributed by atoms with Gasteiger partial charge in [-0.15, -0.1) is 0 Å². The summed E-state index contributed by atoms with van der Waals surface area (Å²) in [6.45, 7) is 8.72. The summed E-state index contributed by atoms with van der Waals surface area (Å²) < 4.78 is 4.95. The van der Waals surface area contributed by atoms with Gasteiger partial charge in [-0.05, 0) is 32.0 Å². The predicted octanol–water partition coefficient (Wildman–Crippen LogP) is 2.18. The average Bonchev–Trinajstić information content (AvgIpc) is 2.45. The van der Waals surface area contributed by atoms with Crippen LogP contribution in [0.5, 0.6) is 0 Å². The first-order valence-electron chi connectivity index (χ1n) is 7.49. The van der Waals surface area contributed by atoms with Crippen molar-refractivity contribution in [2.75, 3.05) is 12.3 Å². The van der Waals surface area contributed by atoms with Gasteiger partial charge in [0.2, 0.25) is 5.91 Å². The van der Waals surface area contributed by atoms with Gasteiger partial charge in [0.1, 0.15) is 0 Å². The zero-order valence-electron chi connectivity index (χ0n) is 14.2. The minimum atomic E-state index is -0.781. The molecule has 3 N–H and O–H groups in total. The number of rotatable bonds is 5. The second kappa shape index (κ2) is 7.26. The van der Waals surface area contributed by atoms with Crippen LogP contribution in [-0.4, -0.2) is 30.3 Å². The van der Waals surface area contributed by atoms with Crippen molar-refractivity contribution in [1.29, 1.82) is 0 Å². The number of esters is 1. The number of nitrogens with one attached hydrogen (secondary N) is 1. The van der Waals surface area contributed by atoms with Crippen LogP contribution >= 0.6 is 0 Å². The Bertz CT molecular complexity index is 618. The molecule has 1 atom stereocenters. The average molecular weight is 320 g/mol. The number of Topliss-reactive ketones (excluding diaryl/α,β-unsaturated/α-hetero) is 1. The van der Waals surface area contributed by atoms with E-state index in [1.165, 1.54) is 18.2 Å². The van der Waals surface area contributed by atoms with Crippen LogP contribution in [0.2, 0.25) is 0 Å². The first-order valence-corrected chi connectivity index (χ1v) is 7.49. The van der Waals surface area contributed by atoms with Crippen molar-refractivity contribution in [3.63, 3.8) is 0 Å². The van der Waals surface area contributed by atoms with Crippen LogP contribution in [0.3, 0.4) is 0 Å². The maximum Gasteiger partial charge on any atom is 0.338 e. The third-order valence-electron chi connectivity index (χ3n) is 3.23. The first-order chi connectivity index (χ1) is 10.6. The van der Waals surface area contributed by atoms with Gasteiger partial charge < -0.3 is 15.8 Å². The Balaban J connectivity index is 3.09. The molecule has 1 amide bonds. The number of benzene rings is 1. The van der Waals surface area contributed by atoms with E-state index in [0.29, 0.717) is 5.69 Å². The van der Waals surface area contributed by atoms with Gasteiger partial charge in [-0.3, -0.25) is 9.59 Å². The molecule has 0 spiro atoms. The minimum Gasteiger partial charge on any atom is -0.462 e. The molecule has 0 saturated carbocycles. The third-order valence-corrected chi connectivity index (χ3v) is 3.23. The van der Waals surface area contributed by atoms with Crippen molar-refractivity contribution in [1.82, 2.24) is 5.32 Å². The van der Waals surface area contributed by atoms with E-state index in [2.05, 4.69) is 5.32 Å². The summed E-state index contributed by atoms with van der Waals surface area (Å²) in [5.74, 6) is -1.23. The molecule has 6 heteroatoms. The summed E-state index contributed by atoms with van der Waals surface area (Å²) in [6.07, 6.45) is 0. The van der Waals surface area contributed by atoms with Crippen molar-refractivity contribution in [3.8, 4) is 0 Å². The van der Waals surface area contributed by atoms with E-state index in [1.54, 1.807) is 34.6 Å². The van der Waals surface area contributed by atoms with Gasteiger partial charge in [-0.1, -0.05) is 20.8 Å². The van der Waals surface area contributed by atoms with Crippen molar-refractivity contribution in [2.45, 2.75) is 40.7 Å². The van der Waals surface area contributed by atoms with Gasteiger partial charge in [0.05, 0.1) is 18.2 Å². The Kier molecular flexibility index (Phi) is 5.90. The van der Waals surface area contributed by atoms with E-state index in [-0.39, 0.29) is 23.6 Å². The summed E-state index contributed by atoms with van der Waals surface area (Å²) in [6, 6.07) is 3.63. The highest BCUT2D eigenvalue weighted by Crippen LogP contribution is 2.18. The number of carbonyl (C=O) groups is 3. The number of amides is 1. The highest BCUT2D eigenvalue weighted by atomic mass is 16.5. The van der Waals surface area contributed by atoms with Crippen molar-refractivity contribution < 1.29 is 19.1 Å². The van der Waals surface area contributed by atoms with Gasteiger partial charge in [0.15, 0.2) is 5.78 Å². The summed E-state index contributed by atoms with van der Waals surface area (Å²) in [7, 11) is 0. The van der Waals surface area contributed by atoms with Crippen molar-refractivity contribution >= 4 is 23.3 Å². The van der Waals surface area contributed by atoms with E-state index < -0.39 is 23.2 Å². The van der Waals surface area contributed by atoms with Crippen LogP contribution in [0.15, 0.2) is 18.2 Å². The van der Waals surface area contributed by atoms with E-state index in [1.807, 2.05) is 0 Å². The zero-order valence-corrected chi connectivity index (χ0v) is 14.2. The smallest absolute Gasteiger partial charge is 0.338 e. The van der Waals surface area contributed by atoms with E-state index in [4.69, 9.17) is 10.5 Å². The van der Waals surface area contributed by atoms with Crippen LogP contribution in [0.25, 0.3) is 0 Å². The topological polar surface area (TPSA) is 98.5 Å². The highest BCUT2D eigenvalue weighted by molar-refractivity contribution is 6.10. The fourth-order valence-electron chi connectivity index (χ4n) is 1.86. The first kappa shape index (κ1) is 18.7. The molecule has 0 unspecified atom stereocenters. The van der Waals surface area contributed by atoms with Crippen LogP contribution in [0.1, 0.15) is 55.3 Å². The number of ketones is 1. The molecule has 6 nitrogen and oxygen atoms in total. The fraction of sp³-hybridized carbons (Fsp3) is 0.471.